The number of sulfonamides is 1. The van der Waals surface area contributed by atoms with Crippen LogP contribution in [0.2, 0.25) is 5.02 Å². The second-order valence-corrected chi connectivity index (χ2v) is 11.6. The molecule has 7 nitrogen and oxygen atoms in total. The molecule has 0 spiro atoms. The number of carbonyl (C=O) groups is 2. The predicted octanol–water partition coefficient (Wildman–Crippen LogP) is 3.89. The molecule has 0 saturated carbocycles. The standard InChI is InChI=1S/C24H31ClFN3O4S/c1-16-13-19(25)11-12-21(16)29(34(6,32)33)15-22(30)28(14-18-9-7-8-10-20(18)26)17(2)23(31)27-24(3,4)5/h7-13,17H,14-15H2,1-6H3,(H,27,31). The van der Waals surface area contributed by atoms with E-state index in [2.05, 4.69) is 5.32 Å². The highest BCUT2D eigenvalue weighted by Crippen LogP contribution is 2.26. The lowest BCUT2D eigenvalue weighted by molar-refractivity contribution is -0.140. The van der Waals surface area contributed by atoms with Crippen LogP contribution in [0.1, 0.15) is 38.8 Å². The highest BCUT2D eigenvalue weighted by molar-refractivity contribution is 7.92. The molecule has 0 heterocycles. The van der Waals surface area contributed by atoms with Gasteiger partial charge in [0, 0.05) is 22.7 Å². The molecule has 2 amide bonds. The summed E-state index contributed by atoms with van der Waals surface area (Å²) in [5.41, 5.74) is 0.500. The third-order valence-corrected chi connectivity index (χ3v) is 6.43. The number of halogens is 2. The smallest absolute Gasteiger partial charge is 0.244 e. The molecule has 2 aromatic carbocycles. The number of hydrogen-bond donors (Lipinski definition) is 1. The van der Waals surface area contributed by atoms with Crippen molar-refractivity contribution < 1.29 is 22.4 Å². The largest absolute Gasteiger partial charge is 0.350 e. The van der Waals surface area contributed by atoms with Crippen LogP contribution in [0.5, 0.6) is 0 Å². The van der Waals surface area contributed by atoms with Crippen LogP contribution in [-0.2, 0) is 26.2 Å². The van der Waals surface area contributed by atoms with Gasteiger partial charge in [0.05, 0.1) is 11.9 Å². The van der Waals surface area contributed by atoms with Crippen LogP contribution in [0.4, 0.5) is 10.1 Å². The van der Waals surface area contributed by atoms with Crippen LogP contribution in [0.15, 0.2) is 42.5 Å². The van der Waals surface area contributed by atoms with Gasteiger partial charge in [0.15, 0.2) is 0 Å². The lowest BCUT2D eigenvalue weighted by atomic mass is 10.1. The SMILES string of the molecule is Cc1cc(Cl)ccc1N(CC(=O)N(Cc1ccccc1F)C(C)C(=O)NC(C)(C)C)S(C)(=O)=O. The van der Waals surface area contributed by atoms with Crippen molar-refractivity contribution in [2.75, 3.05) is 17.1 Å². The summed E-state index contributed by atoms with van der Waals surface area (Å²) in [7, 11) is -3.87. The normalized spacial score (nSPS) is 12.7. The average molecular weight is 512 g/mol. The molecule has 0 radical (unpaired) electrons. The van der Waals surface area contributed by atoms with Crippen LogP contribution >= 0.6 is 11.6 Å². The van der Waals surface area contributed by atoms with E-state index >= 15 is 0 Å². The minimum absolute atomic E-state index is 0.207. The van der Waals surface area contributed by atoms with Gasteiger partial charge in [-0.1, -0.05) is 29.8 Å². The maximum absolute atomic E-state index is 14.4. The second-order valence-electron chi connectivity index (χ2n) is 9.23. The summed E-state index contributed by atoms with van der Waals surface area (Å²) in [5, 5.41) is 3.24. The molecule has 0 aliphatic heterocycles. The zero-order valence-corrected chi connectivity index (χ0v) is 21.8. The van der Waals surface area contributed by atoms with Gasteiger partial charge in [-0.2, -0.15) is 0 Å². The van der Waals surface area contributed by atoms with Crippen LogP contribution in [0.25, 0.3) is 0 Å². The van der Waals surface area contributed by atoms with E-state index < -0.39 is 45.8 Å². The van der Waals surface area contributed by atoms with Crippen LogP contribution in [0.3, 0.4) is 0 Å². The molecule has 0 aliphatic rings. The Balaban J connectivity index is 2.45. The maximum Gasteiger partial charge on any atom is 0.244 e. The van der Waals surface area contributed by atoms with Crippen LogP contribution < -0.4 is 9.62 Å². The van der Waals surface area contributed by atoms with Gasteiger partial charge in [0.2, 0.25) is 21.8 Å². The predicted molar refractivity (Wildman–Crippen MR) is 133 cm³/mol. The lowest BCUT2D eigenvalue weighted by Gasteiger charge is -2.33. The van der Waals surface area contributed by atoms with Crippen molar-refractivity contribution in [3.63, 3.8) is 0 Å². The highest BCUT2D eigenvalue weighted by Gasteiger charge is 2.32. The van der Waals surface area contributed by atoms with Gasteiger partial charge >= 0.3 is 0 Å². The monoisotopic (exact) mass is 511 g/mol. The van der Waals surface area contributed by atoms with Gasteiger partial charge in [0.25, 0.3) is 0 Å². The molecule has 0 aliphatic carbocycles. The first-order valence-corrected chi connectivity index (χ1v) is 12.9. The van der Waals surface area contributed by atoms with E-state index in [1.165, 1.54) is 42.2 Å². The summed E-state index contributed by atoms with van der Waals surface area (Å²) in [4.78, 5) is 27.5. The molecule has 1 N–H and O–H groups in total. The Morgan fingerprint density at radius 2 is 1.76 bits per heavy atom. The second kappa shape index (κ2) is 10.7. The van der Waals surface area contributed by atoms with E-state index in [0.717, 1.165) is 10.6 Å². The average Bonchev–Trinajstić information content (AvgIpc) is 2.69. The van der Waals surface area contributed by atoms with Gasteiger partial charge < -0.3 is 10.2 Å². The Labute approximate surface area is 205 Å². The van der Waals surface area contributed by atoms with Crippen molar-refractivity contribution in [3.05, 3.63) is 64.4 Å². The molecule has 0 aromatic heterocycles. The van der Waals surface area contributed by atoms with Gasteiger partial charge in [0.1, 0.15) is 18.4 Å². The molecule has 1 atom stereocenters. The number of nitrogens with zero attached hydrogens (tertiary/aromatic N) is 2. The minimum Gasteiger partial charge on any atom is -0.350 e. The third kappa shape index (κ3) is 7.43. The number of aryl methyl sites for hydroxylation is 1. The van der Waals surface area contributed by atoms with Gasteiger partial charge in [-0.25, -0.2) is 12.8 Å². The fraction of sp³-hybridized carbons (Fsp3) is 0.417. The number of carbonyl (C=O) groups excluding carboxylic acids is 2. The Morgan fingerprint density at radius 3 is 2.29 bits per heavy atom. The Bertz CT molecular complexity index is 1170. The number of amides is 2. The zero-order valence-electron chi connectivity index (χ0n) is 20.2. The number of anilines is 1. The van der Waals surface area contributed by atoms with Crippen molar-refractivity contribution in [3.8, 4) is 0 Å². The van der Waals surface area contributed by atoms with Crippen LogP contribution in [-0.4, -0.2) is 49.5 Å². The molecule has 0 fully saturated rings. The molecular weight excluding hydrogens is 481 g/mol. The first kappa shape index (κ1) is 27.6. The highest BCUT2D eigenvalue weighted by atomic mass is 35.5. The molecule has 2 rings (SSSR count). The minimum atomic E-state index is -3.87. The van der Waals surface area contributed by atoms with Crippen molar-refractivity contribution in [2.45, 2.75) is 52.7 Å². The Hall–Kier alpha value is -2.65. The van der Waals surface area contributed by atoms with E-state index in [4.69, 9.17) is 11.6 Å². The number of rotatable bonds is 8. The lowest BCUT2D eigenvalue weighted by Crippen LogP contribution is -2.54. The summed E-state index contributed by atoms with van der Waals surface area (Å²) in [6.45, 7) is 7.84. The summed E-state index contributed by atoms with van der Waals surface area (Å²) in [5.74, 6) is -1.62. The van der Waals surface area contributed by atoms with Crippen molar-refractivity contribution in [1.82, 2.24) is 10.2 Å². The topological polar surface area (TPSA) is 86.8 Å². The molecule has 10 heteroatoms. The summed E-state index contributed by atoms with van der Waals surface area (Å²) in [6.07, 6.45) is 0.991. The van der Waals surface area contributed by atoms with Gasteiger partial charge in [-0.3, -0.25) is 13.9 Å². The van der Waals surface area contributed by atoms with Crippen LogP contribution in [0, 0.1) is 12.7 Å². The van der Waals surface area contributed by atoms with E-state index in [1.54, 1.807) is 39.8 Å². The van der Waals surface area contributed by atoms with E-state index in [-0.39, 0.29) is 17.8 Å². The molecular formula is C24H31ClFN3O4S. The Morgan fingerprint density at radius 1 is 1.15 bits per heavy atom. The maximum atomic E-state index is 14.4. The molecule has 34 heavy (non-hydrogen) atoms. The van der Waals surface area contributed by atoms with Gasteiger partial charge in [-0.15, -0.1) is 0 Å². The first-order chi connectivity index (χ1) is 15.6. The first-order valence-electron chi connectivity index (χ1n) is 10.7. The van der Waals surface area contributed by atoms with E-state index in [1.807, 2.05) is 0 Å². The fourth-order valence-corrected chi connectivity index (χ4v) is 4.49. The van der Waals surface area contributed by atoms with E-state index in [9.17, 15) is 22.4 Å². The quantitative estimate of drug-likeness (QED) is 0.582. The van der Waals surface area contributed by atoms with E-state index in [0.29, 0.717) is 10.6 Å². The van der Waals surface area contributed by atoms with Crippen molar-refractivity contribution >= 4 is 39.1 Å². The number of benzene rings is 2. The van der Waals surface area contributed by atoms with Gasteiger partial charge in [-0.05, 0) is 64.4 Å². The molecule has 1 unspecified atom stereocenters. The number of hydrogen-bond acceptors (Lipinski definition) is 4. The molecule has 2 aromatic rings. The summed E-state index contributed by atoms with van der Waals surface area (Å²) >= 11 is 6.00. The van der Waals surface area contributed by atoms with Crippen molar-refractivity contribution in [1.29, 1.82) is 0 Å². The molecule has 186 valence electrons. The molecule has 0 saturated heterocycles. The zero-order chi connectivity index (χ0) is 25.8. The summed E-state index contributed by atoms with van der Waals surface area (Å²) in [6, 6.07) is 9.58. The Kier molecular flexibility index (Phi) is 8.71. The fourth-order valence-electron chi connectivity index (χ4n) is 3.36. The summed E-state index contributed by atoms with van der Waals surface area (Å²) < 4.78 is 40.6. The number of nitrogens with one attached hydrogen (secondary N) is 1. The molecule has 0 bridgehead atoms. The van der Waals surface area contributed by atoms with Crippen molar-refractivity contribution in [2.24, 2.45) is 0 Å². The third-order valence-electron chi connectivity index (χ3n) is 5.07.